The third-order valence-electron chi connectivity index (χ3n) is 7.33. The molecule has 1 aliphatic heterocycles. The fourth-order valence-electron chi connectivity index (χ4n) is 5.30. The van der Waals surface area contributed by atoms with Gasteiger partial charge in [-0.15, -0.1) is 0 Å². The highest BCUT2D eigenvalue weighted by atomic mass is 35.5. The number of anilines is 1. The predicted octanol–water partition coefficient (Wildman–Crippen LogP) is 5.32. The molecule has 0 aromatic heterocycles. The molecule has 2 aliphatic rings. The number of carbonyl (C=O) groups is 3. The molecule has 186 valence electrons. The van der Waals surface area contributed by atoms with Crippen LogP contribution < -0.4 is 10.2 Å². The lowest BCUT2D eigenvalue weighted by Gasteiger charge is -2.32. The Morgan fingerprint density at radius 2 is 1.72 bits per heavy atom. The van der Waals surface area contributed by atoms with Gasteiger partial charge in [-0.3, -0.25) is 19.3 Å². The summed E-state index contributed by atoms with van der Waals surface area (Å²) in [4.78, 5) is 43.3. The number of carbonyl (C=O) groups excluding carboxylic acids is 3. The van der Waals surface area contributed by atoms with Crippen LogP contribution in [0, 0.1) is 0 Å². The zero-order chi connectivity index (χ0) is 25.2. The average molecular weight is 504 g/mol. The van der Waals surface area contributed by atoms with Gasteiger partial charge in [0.1, 0.15) is 12.6 Å². The molecule has 1 fully saturated rings. The lowest BCUT2D eigenvalue weighted by Crippen LogP contribution is -2.52. The number of amides is 3. The summed E-state index contributed by atoms with van der Waals surface area (Å²) in [6.07, 6.45) is 5.34. The summed E-state index contributed by atoms with van der Waals surface area (Å²) < 4.78 is 0. The Hall–Kier alpha value is -3.38. The second-order valence-corrected chi connectivity index (χ2v) is 10.2. The van der Waals surface area contributed by atoms with Crippen molar-refractivity contribution in [2.45, 2.75) is 57.7 Å². The number of hydrogen-bond acceptors (Lipinski definition) is 3. The Balaban J connectivity index is 1.39. The molecule has 1 saturated carbocycles. The summed E-state index contributed by atoms with van der Waals surface area (Å²) >= 11 is 6.06. The van der Waals surface area contributed by atoms with Gasteiger partial charge >= 0.3 is 0 Å². The van der Waals surface area contributed by atoms with E-state index in [9.17, 15) is 14.4 Å². The zero-order valence-corrected chi connectivity index (χ0v) is 21.1. The van der Waals surface area contributed by atoms with Gasteiger partial charge in [0.05, 0.1) is 5.69 Å². The van der Waals surface area contributed by atoms with E-state index < -0.39 is 6.04 Å². The fraction of sp³-hybridized carbons (Fsp3) is 0.345. The normalized spacial score (nSPS) is 16.3. The van der Waals surface area contributed by atoms with E-state index in [-0.39, 0.29) is 36.9 Å². The molecule has 0 radical (unpaired) electrons. The van der Waals surface area contributed by atoms with E-state index in [0.717, 1.165) is 47.7 Å². The highest BCUT2D eigenvalue weighted by molar-refractivity contribution is 6.30. The van der Waals surface area contributed by atoms with Gasteiger partial charge in [0.25, 0.3) is 5.91 Å². The maximum Gasteiger partial charge on any atom is 0.259 e. The van der Waals surface area contributed by atoms with E-state index >= 15 is 0 Å². The monoisotopic (exact) mass is 503 g/mol. The van der Waals surface area contributed by atoms with Crippen LogP contribution in [-0.4, -0.2) is 41.2 Å². The van der Waals surface area contributed by atoms with E-state index in [1.165, 1.54) is 11.3 Å². The molecule has 1 aliphatic carbocycles. The Kier molecular flexibility index (Phi) is 6.97. The van der Waals surface area contributed by atoms with Gasteiger partial charge < -0.3 is 10.2 Å². The first-order valence-electron chi connectivity index (χ1n) is 12.6. The quantitative estimate of drug-likeness (QED) is 0.474. The molecule has 3 aromatic carbocycles. The summed E-state index contributed by atoms with van der Waals surface area (Å²) in [5.74, 6) is -0.641. The van der Waals surface area contributed by atoms with Gasteiger partial charge in [0.2, 0.25) is 11.8 Å². The molecular formula is C29H30ClN3O3. The van der Waals surface area contributed by atoms with Crippen LogP contribution in [0.5, 0.6) is 0 Å². The largest absolute Gasteiger partial charge is 0.352 e. The van der Waals surface area contributed by atoms with Crippen molar-refractivity contribution < 1.29 is 14.4 Å². The molecule has 36 heavy (non-hydrogen) atoms. The topological polar surface area (TPSA) is 69.7 Å². The van der Waals surface area contributed by atoms with Crippen LogP contribution in [0.3, 0.4) is 0 Å². The first-order chi connectivity index (χ1) is 17.4. The molecule has 3 aromatic rings. The minimum Gasteiger partial charge on any atom is -0.352 e. The van der Waals surface area contributed by atoms with Crippen LogP contribution in [0.4, 0.5) is 5.69 Å². The zero-order valence-electron chi connectivity index (χ0n) is 20.4. The van der Waals surface area contributed by atoms with E-state index in [0.29, 0.717) is 10.6 Å². The van der Waals surface area contributed by atoms with Crippen LogP contribution in [0.2, 0.25) is 5.02 Å². The molecule has 5 rings (SSSR count). The molecule has 0 saturated heterocycles. The maximum atomic E-state index is 13.8. The van der Waals surface area contributed by atoms with E-state index in [1.54, 1.807) is 30.0 Å². The molecule has 3 amide bonds. The molecule has 6 nitrogen and oxygen atoms in total. The first-order valence-corrected chi connectivity index (χ1v) is 13.0. The Labute approximate surface area is 216 Å². The fourth-order valence-corrected chi connectivity index (χ4v) is 5.43. The van der Waals surface area contributed by atoms with E-state index in [2.05, 4.69) is 5.32 Å². The highest BCUT2D eigenvalue weighted by Crippen LogP contribution is 2.37. The van der Waals surface area contributed by atoms with Gasteiger partial charge in [-0.2, -0.15) is 0 Å². The van der Waals surface area contributed by atoms with Gasteiger partial charge in [0, 0.05) is 28.6 Å². The van der Waals surface area contributed by atoms with Crippen molar-refractivity contribution in [1.82, 2.24) is 10.2 Å². The minimum absolute atomic E-state index is 0.138. The molecule has 7 heteroatoms. The molecule has 1 N–H and O–H groups in total. The van der Waals surface area contributed by atoms with Crippen molar-refractivity contribution in [2.75, 3.05) is 11.4 Å². The summed E-state index contributed by atoms with van der Waals surface area (Å²) in [5, 5.41) is 5.58. The van der Waals surface area contributed by atoms with Crippen molar-refractivity contribution in [3.05, 3.63) is 76.8 Å². The summed E-state index contributed by atoms with van der Waals surface area (Å²) in [5.41, 5.74) is 2.19. The first kappa shape index (κ1) is 24.3. The van der Waals surface area contributed by atoms with Crippen molar-refractivity contribution in [3.8, 4) is 0 Å². The number of hydrogen-bond donors (Lipinski definition) is 1. The van der Waals surface area contributed by atoms with Gasteiger partial charge in [0.15, 0.2) is 0 Å². The molecule has 0 unspecified atom stereocenters. The maximum absolute atomic E-state index is 13.8. The van der Waals surface area contributed by atoms with Crippen molar-refractivity contribution in [2.24, 2.45) is 0 Å². The van der Waals surface area contributed by atoms with Crippen LogP contribution >= 0.6 is 11.6 Å². The lowest BCUT2D eigenvalue weighted by molar-refractivity contribution is -0.139. The van der Waals surface area contributed by atoms with Crippen molar-refractivity contribution >= 4 is 45.8 Å². The highest BCUT2D eigenvalue weighted by Gasteiger charge is 2.34. The Bertz CT molecular complexity index is 1300. The molecule has 0 bridgehead atoms. The smallest absolute Gasteiger partial charge is 0.259 e. The number of halogens is 1. The molecule has 0 spiro atoms. The van der Waals surface area contributed by atoms with Crippen molar-refractivity contribution in [1.29, 1.82) is 0 Å². The Morgan fingerprint density at radius 3 is 2.44 bits per heavy atom. The number of benzene rings is 3. The van der Waals surface area contributed by atoms with E-state index in [4.69, 9.17) is 11.6 Å². The second kappa shape index (κ2) is 10.3. The number of nitrogens with one attached hydrogen (secondary N) is 1. The second-order valence-electron chi connectivity index (χ2n) is 9.74. The SMILES string of the molecule is C[C@H](C(=O)NC1CCCCC1)N(Cc1ccc(Cl)cc1)C(=O)CN1C(=O)c2cccc3cccc1c23. The predicted molar refractivity (Wildman–Crippen MR) is 142 cm³/mol. The van der Waals surface area contributed by atoms with Crippen LogP contribution in [0.1, 0.15) is 54.9 Å². The van der Waals surface area contributed by atoms with Crippen LogP contribution in [0.25, 0.3) is 10.8 Å². The lowest BCUT2D eigenvalue weighted by atomic mass is 9.95. The third kappa shape index (κ3) is 4.82. The molecule has 1 heterocycles. The van der Waals surface area contributed by atoms with Gasteiger partial charge in [-0.05, 0) is 55.0 Å². The van der Waals surface area contributed by atoms with Gasteiger partial charge in [-0.25, -0.2) is 0 Å². The number of rotatable bonds is 7. The van der Waals surface area contributed by atoms with Crippen molar-refractivity contribution in [3.63, 3.8) is 0 Å². The standard InChI is InChI=1S/C29H30ClN3O3/c1-19(28(35)31-23-9-3-2-4-10-23)32(17-20-13-15-22(30)16-14-20)26(34)18-33-25-12-6-8-21-7-5-11-24(27(21)25)29(33)36/h5-8,11-16,19,23H,2-4,9-10,17-18H2,1H3,(H,31,35)/t19-/m1/s1. The number of nitrogens with zero attached hydrogens (tertiary/aromatic N) is 2. The van der Waals surface area contributed by atoms with Gasteiger partial charge in [-0.1, -0.05) is 67.3 Å². The molecular weight excluding hydrogens is 474 g/mol. The summed E-state index contributed by atoms with van der Waals surface area (Å²) in [6, 6.07) is 18.0. The molecule has 1 atom stereocenters. The average Bonchev–Trinajstić information content (AvgIpc) is 3.16. The summed E-state index contributed by atoms with van der Waals surface area (Å²) in [7, 11) is 0. The van der Waals surface area contributed by atoms with E-state index in [1.807, 2.05) is 42.5 Å². The van der Waals surface area contributed by atoms with Crippen LogP contribution in [-0.2, 0) is 16.1 Å². The third-order valence-corrected chi connectivity index (χ3v) is 7.58. The van der Waals surface area contributed by atoms with Crippen LogP contribution in [0.15, 0.2) is 60.7 Å². The summed E-state index contributed by atoms with van der Waals surface area (Å²) in [6.45, 7) is 1.86. The minimum atomic E-state index is -0.689. The Morgan fingerprint density at radius 1 is 1.03 bits per heavy atom.